The topological polar surface area (TPSA) is 63.6 Å². The van der Waals surface area contributed by atoms with Gasteiger partial charge in [0.15, 0.2) is 0 Å². The number of carbonyl (C=O) groups excluding carboxylic acids is 1. The number of ether oxygens (including phenoxy) is 1. The third-order valence-corrected chi connectivity index (χ3v) is 3.58. The molecule has 0 radical (unpaired) electrons. The molecule has 3 aromatic carbocycles. The second-order valence-corrected chi connectivity index (χ2v) is 5.08. The highest BCUT2D eigenvalue weighted by Crippen LogP contribution is 2.23. The second kappa shape index (κ2) is 6.32. The lowest BCUT2D eigenvalue weighted by atomic mass is 9.99. The Kier molecular flexibility index (Phi) is 4.06. The van der Waals surface area contributed by atoms with E-state index in [4.69, 9.17) is 4.74 Å². The first-order valence-electron chi connectivity index (χ1n) is 7.13. The molecule has 0 spiro atoms. The van der Waals surface area contributed by atoms with Crippen LogP contribution in [0.2, 0.25) is 0 Å². The summed E-state index contributed by atoms with van der Waals surface area (Å²) in [5.74, 6) is -1.79. The van der Waals surface area contributed by atoms with E-state index in [0.29, 0.717) is 5.39 Å². The Hall–Kier alpha value is -3.14. The fourth-order valence-electron chi connectivity index (χ4n) is 2.47. The summed E-state index contributed by atoms with van der Waals surface area (Å²) in [4.78, 5) is 23.9. The number of esters is 1. The number of carbonyl (C=O) groups is 2. The Morgan fingerprint density at radius 1 is 0.870 bits per heavy atom. The summed E-state index contributed by atoms with van der Waals surface area (Å²) in [6.07, 6.45) is 0. The molecule has 0 aliphatic carbocycles. The van der Waals surface area contributed by atoms with Crippen molar-refractivity contribution in [3.8, 4) is 0 Å². The SMILES string of the molecule is O=C(OCc1ccccc1)c1ccc2ccccc2c1C(=O)O. The van der Waals surface area contributed by atoms with Gasteiger partial charge >= 0.3 is 11.9 Å². The number of hydrogen-bond donors (Lipinski definition) is 1. The number of aromatic carboxylic acids is 1. The standard InChI is InChI=1S/C19H14O4/c20-18(21)17-15-9-5-4-8-14(15)10-11-16(17)19(22)23-12-13-6-2-1-3-7-13/h1-11H,12H2,(H,20,21). The van der Waals surface area contributed by atoms with Crippen LogP contribution in [-0.4, -0.2) is 17.0 Å². The summed E-state index contributed by atoms with van der Waals surface area (Å²) in [5, 5.41) is 10.8. The van der Waals surface area contributed by atoms with Gasteiger partial charge in [-0.3, -0.25) is 0 Å². The molecule has 4 nitrogen and oxygen atoms in total. The lowest BCUT2D eigenvalue weighted by molar-refractivity contribution is 0.0464. The highest BCUT2D eigenvalue weighted by Gasteiger charge is 2.20. The quantitative estimate of drug-likeness (QED) is 0.743. The highest BCUT2D eigenvalue weighted by atomic mass is 16.5. The molecule has 23 heavy (non-hydrogen) atoms. The van der Waals surface area contributed by atoms with Crippen LogP contribution in [0.25, 0.3) is 10.8 Å². The van der Waals surface area contributed by atoms with Gasteiger partial charge in [0, 0.05) is 0 Å². The second-order valence-electron chi connectivity index (χ2n) is 5.08. The normalized spacial score (nSPS) is 10.4. The Balaban J connectivity index is 1.94. The monoisotopic (exact) mass is 306 g/mol. The van der Waals surface area contributed by atoms with E-state index in [1.54, 1.807) is 24.3 Å². The van der Waals surface area contributed by atoms with E-state index < -0.39 is 11.9 Å². The van der Waals surface area contributed by atoms with Crippen molar-refractivity contribution in [1.82, 2.24) is 0 Å². The first-order valence-corrected chi connectivity index (χ1v) is 7.13. The molecule has 0 aromatic heterocycles. The molecule has 0 unspecified atom stereocenters. The molecular formula is C19H14O4. The zero-order valence-corrected chi connectivity index (χ0v) is 12.2. The van der Waals surface area contributed by atoms with Gasteiger partial charge in [0.25, 0.3) is 0 Å². The maximum absolute atomic E-state index is 12.3. The van der Waals surface area contributed by atoms with Crippen molar-refractivity contribution in [2.75, 3.05) is 0 Å². The fraction of sp³-hybridized carbons (Fsp3) is 0.0526. The molecule has 0 aliphatic rings. The molecule has 0 atom stereocenters. The lowest BCUT2D eigenvalue weighted by Crippen LogP contribution is -2.12. The molecule has 0 aliphatic heterocycles. The maximum atomic E-state index is 12.3. The van der Waals surface area contributed by atoms with Crippen molar-refractivity contribution in [3.05, 3.63) is 83.4 Å². The molecule has 3 rings (SSSR count). The van der Waals surface area contributed by atoms with Crippen molar-refractivity contribution in [2.24, 2.45) is 0 Å². The van der Waals surface area contributed by atoms with E-state index in [9.17, 15) is 14.7 Å². The van der Waals surface area contributed by atoms with Gasteiger partial charge in [0.1, 0.15) is 6.61 Å². The molecule has 0 saturated carbocycles. The highest BCUT2D eigenvalue weighted by molar-refractivity contribution is 6.12. The number of carboxylic acids is 1. The lowest BCUT2D eigenvalue weighted by Gasteiger charge is -2.10. The van der Waals surface area contributed by atoms with E-state index in [2.05, 4.69) is 0 Å². The zero-order valence-electron chi connectivity index (χ0n) is 12.2. The Labute approximate surface area is 132 Å². The Bertz CT molecular complexity index is 869. The first kappa shape index (κ1) is 14.8. The average molecular weight is 306 g/mol. The summed E-state index contributed by atoms with van der Waals surface area (Å²) in [6.45, 7) is 0.103. The zero-order chi connectivity index (χ0) is 16.2. The van der Waals surface area contributed by atoms with Crippen LogP contribution in [-0.2, 0) is 11.3 Å². The predicted molar refractivity (Wildman–Crippen MR) is 86.5 cm³/mol. The summed E-state index contributed by atoms with van der Waals surface area (Å²) < 4.78 is 5.25. The third kappa shape index (κ3) is 3.06. The Morgan fingerprint density at radius 3 is 2.30 bits per heavy atom. The molecule has 3 aromatic rings. The van der Waals surface area contributed by atoms with Gasteiger partial charge in [-0.05, 0) is 22.4 Å². The summed E-state index contributed by atoms with van der Waals surface area (Å²) in [7, 11) is 0. The van der Waals surface area contributed by atoms with E-state index >= 15 is 0 Å². The van der Waals surface area contributed by atoms with Crippen molar-refractivity contribution in [2.45, 2.75) is 6.61 Å². The molecule has 0 amide bonds. The van der Waals surface area contributed by atoms with Crippen LogP contribution in [0.4, 0.5) is 0 Å². The van der Waals surface area contributed by atoms with Crippen LogP contribution in [0.5, 0.6) is 0 Å². The minimum absolute atomic E-state index is 0.0267. The molecule has 0 saturated heterocycles. The Morgan fingerprint density at radius 2 is 1.57 bits per heavy atom. The van der Waals surface area contributed by atoms with Crippen molar-refractivity contribution in [1.29, 1.82) is 0 Å². The largest absolute Gasteiger partial charge is 0.478 e. The molecule has 114 valence electrons. The minimum atomic E-state index is -1.14. The molecule has 4 heteroatoms. The van der Waals surface area contributed by atoms with Gasteiger partial charge in [0.2, 0.25) is 0 Å². The van der Waals surface area contributed by atoms with Crippen LogP contribution < -0.4 is 0 Å². The van der Waals surface area contributed by atoms with Gasteiger partial charge in [-0.2, -0.15) is 0 Å². The van der Waals surface area contributed by atoms with Crippen LogP contribution in [0, 0.1) is 0 Å². The van der Waals surface area contributed by atoms with Gasteiger partial charge in [-0.25, -0.2) is 9.59 Å². The van der Waals surface area contributed by atoms with Crippen LogP contribution in [0.1, 0.15) is 26.3 Å². The number of fused-ring (bicyclic) bond motifs is 1. The predicted octanol–water partition coefficient (Wildman–Crippen LogP) is 3.90. The molecule has 0 bridgehead atoms. The van der Waals surface area contributed by atoms with Crippen LogP contribution in [0.15, 0.2) is 66.7 Å². The first-order chi connectivity index (χ1) is 11.2. The number of benzene rings is 3. The molecule has 0 fully saturated rings. The summed E-state index contributed by atoms with van der Waals surface area (Å²) in [5.41, 5.74) is 0.881. The summed E-state index contributed by atoms with van der Waals surface area (Å²) >= 11 is 0. The third-order valence-electron chi connectivity index (χ3n) is 3.58. The van der Waals surface area contributed by atoms with E-state index in [-0.39, 0.29) is 17.7 Å². The smallest absolute Gasteiger partial charge is 0.339 e. The van der Waals surface area contributed by atoms with E-state index in [1.165, 1.54) is 6.07 Å². The molecular weight excluding hydrogens is 292 g/mol. The number of carboxylic acid groups (broad SMARTS) is 1. The van der Waals surface area contributed by atoms with Gasteiger partial charge in [0.05, 0.1) is 11.1 Å². The number of hydrogen-bond acceptors (Lipinski definition) is 3. The average Bonchev–Trinajstić information content (AvgIpc) is 2.59. The van der Waals surface area contributed by atoms with Crippen molar-refractivity contribution < 1.29 is 19.4 Å². The molecule has 1 N–H and O–H groups in total. The maximum Gasteiger partial charge on any atom is 0.339 e. The minimum Gasteiger partial charge on any atom is -0.478 e. The van der Waals surface area contributed by atoms with Crippen LogP contribution in [0.3, 0.4) is 0 Å². The molecule has 0 heterocycles. The van der Waals surface area contributed by atoms with E-state index in [1.807, 2.05) is 36.4 Å². The van der Waals surface area contributed by atoms with Gasteiger partial charge in [-0.15, -0.1) is 0 Å². The fourth-order valence-corrected chi connectivity index (χ4v) is 2.47. The van der Waals surface area contributed by atoms with E-state index in [0.717, 1.165) is 10.9 Å². The van der Waals surface area contributed by atoms with Gasteiger partial charge in [-0.1, -0.05) is 60.7 Å². The van der Waals surface area contributed by atoms with Crippen molar-refractivity contribution >= 4 is 22.7 Å². The summed E-state index contributed by atoms with van der Waals surface area (Å²) in [6, 6.07) is 19.5. The number of rotatable bonds is 4. The van der Waals surface area contributed by atoms with Crippen molar-refractivity contribution in [3.63, 3.8) is 0 Å². The van der Waals surface area contributed by atoms with Crippen LogP contribution >= 0.6 is 0 Å². The van der Waals surface area contributed by atoms with Gasteiger partial charge < -0.3 is 9.84 Å².